The van der Waals surface area contributed by atoms with E-state index in [9.17, 15) is 0 Å². The van der Waals surface area contributed by atoms with Crippen LogP contribution in [0.3, 0.4) is 0 Å². The number of halogens is 1. The third kappa shape index (κ3) is 5.30. The molecule has 1 aliphatic rings. The van der Waals surface area contributed by atoms with Gasteiger partial charge in [0, 0.05) is 44.7 Å². The van der Waals surface area contributed by atoms with Crippen molar-refractivity contribution in [1.82, 2.24) is 19.8 Å². The Balaban J connectivity index is 0.00000320. The van der Waals surface area contributed by atoms with Crippen molar-refractivity contribution in [3.63, 3.8) is 0 Å². The van der Waals surface area contributed by atoms with Crippen molar-refractivity contribution in [2.75, 3.05) is 41.5 Å². The smallest absolute Gasteiger partial charge is 0.193 e. The lowest BCUT2D eigenvalue weighted by Gasteiger charge is -2.39. The lowest BCUT2D eigenvalue weighted by molar-refractivity contribution is 0.189. The highest BCUT2D eigenvalue weighted by atomic mass is 127. The molecule has 2 heterocycles. The maximum atomic E-state index is 5.56. The molecule has 1 aliphatic heterocycles. The summed E-state index contributed by atoms with van der Waals surface area (Å²) >= 11 is 0. The first-order valence-corrected chi connectivity index (χ1v) is 9.83. The highest BCUT2D eigenvalue weighted by molar-refractivity contribution is 14.0. The summed E-state index contributed by atoms with van der Waals surface area (Å²) in [7, 11) is 6.74. The van der Waals surface area contributed by atoms with Gasteiger partial charge in [0.15, 0.2) is 5.96 Å². The third-order valence-electron chi connectivity index (χ3n) is 5.58. The van der Waals surface area contributed by atoms with Gasteiger partial charge in [-0.05, 0) is 12.3 Å². The summed E-state index contributed by atoms with van der Waals surface area (Å²) in [5.74, 6) is 3.57. The number of imidazole rings is 1. The molecule has 0 saturated carbocycles. The Morgan fingerprint density at radius 2 is 1.90 bits per heavy atom. The molecule has 1 aromatic carbocycles. The van der Waals surface area contributed by atoms with Crippen LogP contribution in [-0.4, -0.2) is 61.9 Å². The third-order valence-corrected chi connectivity index (χ3v) is 5.58. The van der Waals surface area contributed by atoms with Crippen molar-refractivity contribution < 1.29 is 14.2 Å². The van der Waals surface area contributed by atoms with E-state index in [1.165, 1.54) is 0 Å². The average molecular weight is 529 g/mol. The average Bonchev–Trinajstić information content (AvgIpc) is 3.29. The van der Waals surface area contributed by atoms with E-state index in [0.29, 0.717) is 35.8 Å². The summed E-state index contributed by atoms with van der Waals surface area (Å²) in [5, 5.41) is 3.47. The van der Waals surface area contributed by atoms with Crippen molar-refractivity contribution in [3.05, 3.63) is 36.4 Å². The second-order valence-corrected chi connectivity index (χ2v) is 7.20. The van der Waals surface area contributed by atoms with Gasteiger partial charge in [-0.15, -0.1) is 24.0 Å². The predicted octanol–water partition coefficient (Wildman–Crippen LogP) is 3.19. The van der Waals surface area contributed by atoms with Crippen LogP contribution in [0.4, 0.5) is 0 Å². The summed E-state index contributed by atoms with van der Waals surface area (Å²) in [5.41, 5.74) is 0.925. The number of nitrogens with zero attached hydrogens (tertiary/aromatic N) is 4. The summed E-state index contributed by atoms with van der Waals surface area (Å²) < 4.78 is 18.6. The molecule has 1 N–H and O–H groups in total. The second kappa shape index (κ2) is 11.3. The molecule has 166 valence electrons. The molecule has 1 fully saturated rings. The molecule has 0 amide bonds. The number of ether oxygens (including phenoxy) is 3. The van der Waals surface area contributed by atoms with Crippen molar-refractivity contribution in [1.29, 1.82) is 0 Å². The Kier molecular flexibility index (Phi) is 9.07. The normalized spacial score (nSPS) is 19.1. The number of piperidine rings is 1. The lowest BCUT2D eigenvalue weighted by atomic mass is 9.93. The zero-order valence-corrected chi connectivity index (χ0v) is 20.6. The predicted molar refractivity (Wildman–Crippen MR) is 128 cm³/mol. The van der Waals surface area contributed by atoms with Gasteiger partial charge >= 0.3 is 0 Å². The van der Waals surface area contributed by atoms with Gasteiger partial charge in [-0.25, -0.2) is 4.98 Å². The highest BCUT2D eigenvalue weighted by Crippen LogP contribution is 2.34. The van der Waals surface area contributed by atoms with E-state index in [2.05, 4.69) is 31.7 Å². The number of methoxy groups -OCH3 is 3. The number of hydrogen-bond acceptors (Lipinski definition) is 5. The fourth-order valence-corrected chi connectivity index (χ4v) is 3.85. The Bertz CT molecular complexity index is 803. The van der Waals surface area contributed by atoms with Gasteiger partial charge < -0.3 is 29.0 Å². The summed E-state index contributed by atoms with van der Waals surface area (Å²) in [6, 6.07) is 4.09. The van der Waals surface area contributed by atoms with E-state index in [0.717, 1.165) is 31.0 Å². The maximum absolute atomic E-state index is 5.56. The fourth-order valence-electron chi connectivity index (χ4n) is 3.85. The molecule has 2 atom stereocenters. The zero-order valence-electron chi connectivity index (χ0n) is 18.3. The minimum atomic E-state index is 0. The quantitative estimate of drug-likeness (QED) is 0.352. The minimum Gasteiger partial charge on any atom is -0.496 e. The molecule has 1 aromatic heterocycles. The van der Waals surface area contributed by atoms with E-state index in [1.807, 2.05) is 37.9 Å². The molecule has 0 radical (unpaired) electrons. The first kappa shape index (κ1) is 24.1. The molecule has 8 nitrogen and oxygen atoms in total. The summed E-state index contributed by atoms with van der Waals surface area (Å²) in [6.45, 7) is 4.67. The van der Waals surface area contributed by atoms with Gasteiger partial charge in [-0.3, -0.25) is 4.99 Å². The standard InChI is InChI=1S/C21H31N5O3.HI/c1-15-6-8-25(13-18(15)26-9-7-23-14-26)21(22-2)24-12-17-19(28-4)10-16(27-3)11-20(17)29-5;/h7,9-11,14-15,18H,6,8,12-13H2,1-5H3,(H,22,24);1H. The lowest BCUT2D eigenvalue weighted by Crippen LogP contribution is -2.48. The minimum absolute atomic E-state index is 0. The number of benzene rings is 1. The molecule has 2 unspecified atom stereocenters. The fraction of sp³-hybridized carbons (Fsp3) is 0.524. The Labute approximate surface area is 195 Å². The van der Waals surface area contributed by atoms with E-state index in [1.54, 1.807) is 21.3 Å². The van der Waals surface area contributed by atoms with Gasteiger partial charge in [-0.1, -0.05) is 6.92 Å². The molecule has 0 bridgehead atoms. The SMILES string of the molecule is CN=C(NCc1c(OC)cc(OC)cc1OC)N1CCC(C)C(n2ccnc2)C1.I. The molecule has 2 aromatic rings. The first-order chi connectivity index (χ1) is 14.1. The number of aromatic nitrogens is 2. The maximum Gasteiger partial charge on any atom is 0.193 e. The number of guanidine groups is 1. The Morgan fingerprint density at radius 3 is 2.43 bits per heavy atom. The van der Waals surface area contributed by atoms with Crippen molar-refractivity contribution in [2.24, 2.45) is 10.9 Å². The van der Waals surface area contributed by atoms with Crippen LogP contribution in [0.2, 0.25) is 0 Å². The first-order valence-electron chi connectivity index (χ1n) is 9.83. The van der Waals surface area contributed by atoms with E-state index in [4.69, 9.17) is 14.2 Å². The van der Waals surface area contributed by atoms with Crippen LogP contribution in [0.25, 0.3) is 0 Å². The van der Waals surface area contributed by atoms with E-state index >= 15 is 0 Å². The van der Waals surface area contributed by atoms with Gasteiger partial charge in [0.2, 0.25) is 0 Å². The molecule has 0 aliphatic carbocycles. The van der Waals surface area contributed by atoms with Crippen LogP contribution in [0.5, 0.6) is 17.2 Å². The van der Waals surface area contributed by atoms with Crippen LogP contribution in [0, 0.1) is 5.92 Å². The van der Waals surface area contributed by atoms with Crippen LogP contribution < -0.4 is 19.5 Å². The number of likely N-dealkylation sites (tertiary alicyclic amines) is 1. The van der Waals surface area contributed by atoms with Crippen molar-refractivity contribution in [3.8, 4) is 17.2 Å². The Morgan fingerprint density at radius 1 is 1.20 bits per heavy atom. The second-order valence-electron chi connectivity index (χ2n) is 7.20. The highest BCUT2D eigenvalue weighted by Gasteiger charge is 2.29. The molecular weight excluding hydrogens is 497 g/mol. The van der Waals surface area contributed by atoms with E-state index < -0.39 is 0 Å². The molecule has 30 heavy (non-hydrogen) atoms. The largest absolute Gasteiger partial charge is 0.496 e. The van der Waals surface area contributed by atoms with Crippen LogP contribution in [0.1, 0.15) is 24.9 Å². The molecular formula is C21H32IN5O3. The molecule has 9 heteroatoms. The monoisotopic (exact) mass is 529 g/mol. The Hall–Kier alpha value is -2.17. The van der Waals surface area contributed by atoms with Crippen LogP contribution in [0.15, 0.2) is 35.8 Å². The zero-order chi connectivity index (χ0) is 20.8. The van der Waals surface area contributed by atoms with Crippen molar-refractivity contribution >= 4 is 29.9 Å². The number of nitrogens with one attached hydrogen (secondary N) is 1. The summed E-state index contributed by atoms with van der Waals surface area (Å²) in [4.78, 5) is 11.0. The number of aliphatic imine (C=N–C) groups is 1. The topological polar surface area (TPSA) is 73.1 Å². The van der Waals surface area contributed by atoms with Crippen LogP contribution >= 0.6 is 24.0 Å². The molecule has 3 rings (SSSR count). The van der Waals surface area contributed by atoms with Gasteiger partial charge in [0.1, 0.15) is 17.2 Å². The van der Waals surface area contributed by atoms with Crippen molar-refractivity contribution in [2.45, 2.75) is 25.9 Å². The van der Waals surface area contributed by atoms with E-state index in [-0.39, 0.29) is 24.0 Å². The number of hydrogen-bond donors (Lipinski definition) is 1. The van der Waals surface area contributed by atoms with Gasteiger partial charge in [-0.2, -0.15) is 0 Å². The van der Waals surface area contributed by atoms with Gasteiger partial charge in [0.25, 0.3) is 0 Å². The number of rotatable bonds is 6. The molecule has 1 saturated heterocycles. The summed E-state index contributed by atoms with van der Waals surface area (Å²) in [6.07, 6.45) is 6.86. The molecule has 0 spiro atoms. The van der Waals surface area contributed by atoms with Crippen LogP contribution in [-0.2, 0) is 6.54 Å². The van der Waals surface area contributed by atoms with Gasteiger partial charge in [0.05, 0.1) is 45.8 Å².